The summed E-state index contributed by atoms with van der Waals surface area (Å²) in [6.45, 7) is 5.30. The number of benzene rings is 2. The topological polar surface area (TPSA) is 46.2 Å². The Kier molecular flexibility index (Phi) is 4.44. The molecule has 0 saturated carbocycles. The normalized spacial score (nSPS) is 13.1. The van der Waals surface area contributed by atoms with Crippen LogP contribution in [0.2, 0.25) is 0 Å². The summed E-state index contributed by atoms with van der Waals surface area (Å²) in [5, 5.41) is 0. The lowest BCUT2D eigenvalue weighted by Crippen LogP contribution is -2.28. The highest BCUT2D eigenvalue weighted by molar-refractivity contribution is 7.89. The van der Waals surface area contributed by atoms with Crippen molar-refractivity contribution in [2.75, 3.05) is 0 Å². The Morgan fingerprint density at radius 3 is 2.33 bits per heavy atom. The fraction of sp³-hybridized carbons (Fsp3) is 0.250. The van der Waals surface area contributed by atoms with E-state index in [9.17, 15) is 12.8 Å². The van der Waals surface area contributed by atoms with Crippen LogP contribution in [0, 0.1) is 19.7 Å². The molecule has 0 radical (unpaired) electrons. The predicted molar refractivity (Wildman–Crippen MR) is 81.1 cm³/mol. The Balaban J connectivity index is 2.31. The SMILES string of the molecule is Cc1ccccc1C(C)NS(=O)(=O)c1ccc(F)cc1C. The molecule has 0 saturated heterocycles. The second-order valence-corrected chi connectivity index (χ2v) is 6.79. The fourth-order valence-electron chi connectivity index (χ4n) is 2.35. The number of hydrogen-bond acceptors (Lipinski definition) is 2. The molecule has 2 rings (SSSR count). The predicted octanol–water partition coefficient (Wildman–Crippen LogP) is 3.48. The van der Waals surface area contributed by atoms with Gasteiger partial charge in [0.05, 0.1) is 4.90 Å². The summed E-state index contributed by atoms with van der Waals surface area (Å²) in [6.07, 6.45) is 0. The minimum Gasteiger partial charge on any atom is -0.207 e. The lowest BCUT2D eigenvalue weighted by atomic mass is 10.0. The molecule has 5 heteroatoms. The Labute approximate surface area is 124 Å². The first-order chi connectivity index (χ1) is 9.81. The van der Waals surface area contributed by atoms with E-state index in [-0.39, 0.29) is 10.9 Å². The van der Waals surface area contributed by atoms with E-state index in [0.29, 0.717) is 5.56 Å². The van der Waals surface area contributed by atoms with Gasteiger partial charge in [0.15, 0.2) is 0 Å². The van der Waals surface area contributed by atoms with Crippen LogP contribution in [0.1, 0.15) is 29.7 Å². The molecule has 2 aromatic carbocycles. The molecule has 0 amide bonds. The maximum atomic E-state index is 13.1. The summed E-state index contributed by atoms with van der Waals surface area (Å²) in [5.41, 5.74) is 2.32. The van der Waals surface area contributed by atoms with E-state index in [1.165, 1.54) is 12.1 Å². The lowest BCUT2D eigenvalue weighted by molar-refractivity contribution is 0.565. The quantitative estimate of drug-likeness (QED) is 0.940. The van der Waals surface area contributed by atoms with Crippen LogP contribution < -0.4 is 4.72 Å². The Bertz CT molecular complexity index is 757. The van der Waals surface area contributed by atoms with Crippen molar-refractivity contribution in [3.8, 4) is 0 Å². The van der Waals surface area contributed by atoms with Gasteiger partial charge in [-0.05, 0) is 55.7 Å². The van der Waals surface area contributed by atoms with Crippen LogP contribution >= 0.6 is 0 Å². The number of nitrogens with one attached hydrogen (secondary N) is 1. The average molecular weight is 307 g/mol. The first-order valence-corrected chi connectivity index (χ1v) is 8.13. The van der Waals surface area contributed by atoms with Gasteiger partial charge >= 0.3 is 0 Å². The summed E-state index contributed by atoms with van der Waals surface area (Å²) in [5.74, 6) is -0.446. The van der Waals surface area contributed by atoms with E-state index >= 15 is 0 Å². The van der Waals surface area contributed by atoms with E-state index in [4.69, 9.17) is 0 Å². The van der Waals surface area contributed by atoms with Crippen molar-refractivity contribution in [1.82, 2.24) is 4.72 Å². The third kappa shape index (κ3) is 3.49. The van der Waals surface area contributed by atoms with Crippen molar-refractivity contribution >= 4 is 10.0 Å². The molecule has 0 aliphatic rings. The monoisotopic (exact) mass is 307 g/mol. The van der Waals surface area contributed by atoms with Gasteiger partial charge < -0.3 is 0 Å². The summed E-state index contributed by atoms with van der Waals surface area (Å²) in [7, 11) is -3.69. The van der Waals surface area contributed by atoms with Gasteiger partial charge in [-0.3, -0.25) is 0 Å². The van der Waals surface area contributed by atoms with Crippen LogP contribution in [0.4, 0.5) is 4.39 Å². The van der Waals surface area contributed by atoms with Crippen LogP contribution in [-0.4, -0.2) is 8.42 Å². The molecule has 1 atom stereocenters. The van der Waals surface area contributed by atoms with Gasteiger partial charge in [-0.25, -0.2) is 17.5 Å². The summed E-state index contributed by atoms with van der Waals surface area (Å²) in [6, 6.07) is 10.9. The minimum absolute atomic E-state index is 0.101. The van der Waals surface area contributed by atoms with Gasteiger partial charge in [-0.1, -0.05) is 24.3 Å². The molecular formula is C16H18FNO2S. The molecule has 1 unspecified atom stereocenters. The molecular weight excluding hydrogens is 289 g/mol. The van der Waals surface area contributed by atoms with E-state index in [0.717, 1.165) is 17.2 Å². The molecule has 2 aromatic rings. The summed E-state index contributed by atoms with van der Waals surface area (Å²) >= 11 is 0. The Morgan fingerprint density at radius 2 is 1.71 bits per heavy atom. The van der Waals surface area contributed by atoms with Crippen molar-refractivity contribution in [2.24, 2.45) is 0 Å². The van der Waals surface area contributed by atoms with Crippen molar-refractivity contribution in [3.63, 3.8) is 0 Å². The van der Waals surface area contributed by atoms with Crippen LogP contribution in [0.15, 0.2) is 47.4 Å². The van der Waals surface area contributed by atoms with Crippen molar-refractivity contribution in [3.05, 3.63) is 65.0 Å². The Morgan fingerprint density at radius 1 is 1.05 bits per heavy atom. The number of hydrogen-bond donors (Lipinski definition) is 1. The molecule has 112 valence electrons. The zero-order chi connectivity index (χ0) is 15.6. The Hall–Kier alpha value is -1.72. The highest BCUT2D eigenvalue weighted by Gasteiger charge is 2.21. The van der Waals surface area contributed by atoms with Crippen molar-refractivity contribution in [1.29, 1.82) is 0 Å². The molecule has 0 aliphatic carbocycles. The van der Waals surface area contributed by atoms with Crippen molar-refractivity contribution < 1.29 is 12.8 Å². The zero-order valence-electron chi connectivity index (χ0n) is 12.2. The van der Waals surface area contributed by atoms with E-state index in [1.54, 1.807) is 13.8 Å². The molecule has 0 bridgehead atoms. The number of halogens is 1. The minimum atomic E-state index is -3.69. The molecule has 21 heavy (non-hydrogen) atoms. The zero-order valence-corrected chi connectivity index (χ0v) is 13.0. The number of rotatable bonds is 4. The van der Waals surface area contributed by atoms with Gasteiger partial charge in [0.2, 0.25) is 10.0 Å². The molecule has 3 nitrogen and oxygen atoms in total. The largest absolute Gasteiger partial charge is 0.241 e. The van der Waals surface area contributed by atoms with Gasteiger partial charge in [-0.15, -0.1) is 0 Å². The van der Waals surface area contributed by atoms with E-state index < -0.39 is 15.8 Å². The lowest BCUT2D eigenvalue weighted by Gasteiger charge is -2.17. The van der Waals surface area contributed by atoms with E-state index in [1.807, 2.05) is 31.2 Å². The maximum absolute atomic E-state index is 13.1. The highest BCUT2D eigenvalue weighted by atomic mass is 32.2. The second-order valence-electron chi connectivity index (χ2n) is 5.11. The molecule has 0 spiro atoms. The standard InChI is InChI=1S/C16H18FNO2S/c1-11-6-4-5-7-15(11)13(3)18-21(19,20)16-9-8-14(17)10-12(16)2/h4-10,13,18H,1-3H3. The van der Waals surface area contributed by atoms with E-state index in [2.05, 4.69) is 4.72 Å². The third-order valence-electron chi connectivity index (χ3n) is 3.41. The highest BCUT2D eigenvalue weighted by Crippen LogP contribution is 2.22. The molecule has 1 N–H and O–H groups in total. The van der Waals surface area contributed by atoms with Gasteiger partial charge in [0.25, 0.3) is 0 Å². The molecule has 0 fully saturated rings. The van der Waals surface area contributed by atoms with Crippen molar-refractivity contribution in [2.45, 2.75) is 31.7 Å². The fourth-order valence-corrected chi connectivity index (χ4v) is 3.80. The first-order valence-electron chi connectivity index (χ1n) is 6.65. The van der Waals surface area contributed by atoms with Gasteiger partial charge in [-0.2, -0.15) is 0 Å². The van der Waals surface area contributed by atoms with Gasteiger partial charge in [0.1, 0.15) is 5.82 Å². The van der Waals surface area contributed by atoms with Gasteiger partial charge in [0, 0.05) is 6.04 Å². The number of aryl methyl sites for hydroxylation is 2. The van der Waals surface area contributed by atoms with Crippen LogP contribution in [0.3, 0.4) is 0 Å². The summed E-state index contributed by atoms with van der Waals surface area (Å²) < 4.78 is 40.6. The smallest absolute Gasteiger partial charge is 0.207 e. The maximum Gasteiger partial charge on any atom is 0.241 e. The van der Waals surface area contributed by atoms with Crippen LogP contribution in [0.5, 0.6) is 0 Å². The average Bonchev–Trinajstić information content (AvgIpc) is 2.37. The third-order valence-corrected chi connectivity index (χ3v) is 5.11. The van der Waals surface area contributed by atoms with Crippen LogP contribution in [-0.2, 0) is 10.0 Å². The molecule has 0 heterocycles. The summed E-state index contributed by atoms with van der Waals surface area (Å²) in [4.78, 5) is 0.101. The second kappa shape index (κ2) is 5.95. The number of sulfonamides is 1. The molecule has 0 aromatic heterocycles. The van der Waals surface area contributed by atoms with Crippen LogP contribution in [0.25, 0.3) is 0 Å². The first kappa shape index (κ1) is 15.7. The molecule has 0 aliphatic heterocycles.